The second-order valence-corrected chi connectivity index (χ2v) is 13.4. The average molecular weight is 661 g/mol. The summed E-state index contributed by atoms with van der Waals surface area (Å²) in [6, 6.07) is 69.3. The van der Waals surface area contributed by atoms with Crippen molar-refractivity contribution in [3.8, 4) is 56.2 Å². The lowest BCUT2D eigenvalue weighted by atomic mass is 9.92. The Morgan fingerprint density at radius 3 is 1.46 bits per heavy atom. The molecule has 0 aliphatic heterocycles. The van der Waals surface area contributed by atoms with Crippen LogP contribution in [0.4, 0.5) is 0 Å². The van der Waals surface area contributed by atoms with Crippen LogP contribution in [0.2, 0.25) is 0 Å². The van der Waals surface area contributed by atoms with E-state index in [1.807, 2.05) is 0 Å². The largest absolute Gasteiger partial charge is 0.228 e. The second-order valence-electron chi connectivity index (χ2n) is 13.4. The number of fused-ring (bicyclic) bond motifs is 5. The predicted octanol–water partition coefficient (Wildman–Crippen LogP) is 13.4. The number of aromatic nitrogens is 2. The van der Waals surface area contributed by atoms with E-state index in [1.165, 1.54) is 54.6 Å². The van der Waals surface area contributed by atoms with E-state index in [9.17, 15) is 0 Å². The first-order valence-electron chi connectivity index (χ1n) is 17.7. The highest BCUT2D eigenvalue weighted by Gasteiger charge is 2.17. The first kappa shape index (κ1) is 30.0. The van der Waals surface area contributed by atoms with Crippen LogP contribution in [-0.2, 0) is 0 Å². The summed E-state index contributed by atoms with van der Waals surface area (Å²) in [5.41, 5.74) is 9.66. The van der Waals surface area contributed by atoms with E-state index in [-0.39, 0.29) is 0 Å². The molecule has 9 aromatic carbocycles. The van der Waals surface area contributed by atoms with E-state index in [1.54, 1.807) is 0 Å². The number of nitrogens with zero attached hydrogens (tertiary/aromatic N) is 2. The van der Waals surface area contributed by atoms with Gasteiger partial charge in [0.15, 0.2) is 5.82 Å². The fraction of sp³-hybridized carbons (Fsp3) is 0. The van der Waals surface area contributed by atoms with Crippen LogP contribution in [0.15, 0.2) is 194 Å². The van der Waals surface area contributed by atoms with Crippen LogP contribution in [0.3, 0.4) is 0 Å². The Labute approximate surface area is 302 Å². The van der Waals surface area contributed by atoms with Crippen molar-refractivity contribution < 1.29 is 0 Å². The van der Waals surface area contributed by atoms with Gasteiger partial charge in [-0.3, -0.25) is 0 Å². The van der Waals surface area contributed by atoms with Crippen molar-refractivity contribution in [3.05, 3.63) is 194 Å². The molecule has 0 saturated heterocycles. The lowest BCUT2D eigenvalue weighted by Crippen LogP contribution is -1.98. The van der Waals surface area contributed by atoms with Gasteiger partial charge in [0, 0.05) is 16.7 Å². The van der Waals surface area contributed by atoms with Gasteiger partial charge in [0.25, 0.3) is 0 Å². The smallest absolute Gasteiger partial charge is 0.161 e. The van der Waals surface area contributed by atoms with Gasteiger partial charge in [-0.25, -0.2) is 9.97 Å². The Bertz CT molecular complexity index is 2930. The third kappa shape index (κ3) is 5.30. The van der Waals surface area contributed by atoms with E-state index >= 15 is 0 Å². The van der Waals surface area contributed by atoms with Crippen LogP contribution < -0.4 is 0 Å². The summed E-state index contributed by atoms with van der Waals surface area (Å²) in [6.07, 6.45) is 0. The molecule has 1 aromatic heterocycles. The van der Waals surface area contributed by atoms with E-state index in [2.05, 4.69) is 194 Å². The third-order valence-electron chi connectivity index (χ3n) is 10.3. The van der Waals surface area contributed by atoms with Crippen molar-refractivity contribution >= 4 is 43.1 Å². The van der Waals surface area contributed by atoms with Gasteiger partial charge in [0.05, 0.1) is 11.4 Å². The molecule has 0 aliphatic carbocycles. The Morgan fingerprint density at radius 1 is 0.250 bits per heavy atom. The number of hydrogen-bond acceptors (Lipinski definition) is 2. The Kier molecular flexibility index (Phi) is 7.18. The molecule has 1 heterocycles. The molecule has 10 aromatic rings. The van der Waals surface area contributed by atoms with Crippen molar-refractivity contribution in [3.63, 3.8) is 0 Å². The molecule has 0 atom stereocenters. The highest BCUT2D eigenvalue weighted by Crippen LogP contribution is 2.40. The molecule has 52 heavy (non-hydrogen) atoms. The number of hydrogen-bond donors (Lipinski definition) is 0. The molecule has 10 rings (SSSR count). The van der Waals surface area contributed by atoms with Crippen LogP contribution in [0.1, 0.15) is 0 Å². The van der Waals surface area contributed by atoms with Gasteiger partial charge in [0.2, 0.25) is 0 Å². The summed E-state index contributed by atoms with van der Waals surface area (Å²) in [5.74, 6) is 0.718. The molecule has 0 fully saturated rings. The zero-order valence-corrected chi connectivity index (χ0v) is 28.4. The topological polar surface area (TPSA) is 25.8 Å². The summed E-state index contributed by atoms with van der Waals surface area (Å²) in [4.78, 5) is 10.7. The van der Waals surface area contributed by atoms with Gasteiger partial charge in [-0.15, -0.1) is 0 Å². The van der Waals surface area contributed by atoms with Crippen LogP contribution in [0.5, 0.6) is 0 Å². The summed E-state index contributed by atoms with van der Waals surface area (Å²) >= 11 is 0. The molecule has 0 aliphatic rings. The number of benzene rings is 9. The molecule has 0 radical (unpaired) electrons. The van der Waals surface area contributed by atoms with E-state index in [0.717, 1.165) is 44.7 Å². The quantitative estimate of drug-likeness (QED) is 0.136. The monoisotopic (exact) mass is 660 g/mol. The minimum atomic E-state index is 0.718. The molecule has 0 N–H and O–H groups in total. The maximum atomic E-state index is 5.38. The van der Waals surface area contributed by atoms with Gasteiger partial charge >= 0.3 is 0 Å². The first-order chi connectivity index (χ1) is 25.7. The van der Waals surface area contributed by atoms with Gasteiger partial charge < -0.3 is 0 Å². The van der Waals surface area contributed by atoms with E-state index < -0.39 is 0 Å². The standard InChI is InChI=1S/C50H32N2/c1-2-10-33(11-3-1)35-18-23-38(24-19-35)47-32-48(39-25-20-36(21-26-39)41-27-22-34-12-4-5-14-40(34)30-41)52-50(51-47)49-44-17-9-7-15-42(44)31-46-43-16-8-6-13-37(43)28-29-45(46)49/h1-32H. The van der Waals surface area contributed by atoms with Crippen LogP contribution in [0.25, 0.3) is 99.2 Å². The summed E-state index contributed by atoms with van der Waals surface area (Å²) in [6.45, 7) is 0. The van der Waals surface area contributed by atoms with Crippen LogP contribution in [-0.4, -0.2) is 9.97 Å². The highest BCUT2D eigenvalue weighted by molar-refractivity contribution is 6.19. The van der Waals surface area contributed by atoms with E-state index in [0.29, 0.717) is 0 Å². The van der Waals surface area contributed by atoms with Crippen molar-refractivity contribution in [2.75, 3.05) is 0 Å². The van der Waals surface area contributed by atoms with Gasteiger partial charge in [-0.05, 0) is 83.5 Å². The summed E-state index contributed by atoms with van der Waals surface area (Å²) in [7, 11) is 0. The minimum Gasteiger partial charge on any atom is -0.228 e. The molecule has 0 bridgehead atoms. The maximum Gasteiger partial charge on any atom is 0.161 e. The molecule has 2 heteroatoms. The Morgan fingerprint density at radius 2 is 0.750 bits per heavy atom. The lowest BCUT2D eigenvalue weighted by Gasteiger charge is -2.15. The summed E-state index contributed by atoms with van der Waals surface area (Å²) in [5, 5.41) is 9.59. The van der Waals surface area contributed by atoms with Crippen molar-refractivity contribution in [2.45, 2.75) is 0 Å². The molecule has 0 amide bonds. The molecule has 0 spiro atoms. The molecule has 0 unspecified atom stereocenters. The maximum absolute atomic E-state index is 5.38. The van der Waals surface area contributed by atoms with Crippen molar-refractivity contribution in [1.29, 1.82) is 0 Å². The number of rotatable bonds is 5. The first-order valence-corrected chi connectivity index (χ1v) is 17.7. The minimum absolute atomic E-state index is 0.718. The lowest BCUT2D eigenvalue weighted by molar-refractivity contribution is 1.19. The van der Waals surface area contributed by atoms with Crippen LogP contribution in [0, 0.1) is 0 Å². The molecule has 0 saturated carbocycles. The predicted molar refractivity (Wildman–Crippen MR) is 219 cm³/mol. The summed E-state index contributed by atoms with van der Waals surface area (Å²) < 4.78 is 0. The second kappa shape index (κ2) is 12.5. The highest BCUT2D eigenvalue weighted by atomic mass is 14.9. The molecular weight excluding hydrogens is 629 g/mol. The third-order valence-corrected chi connectivity index (χ3v) is 10.3. The molecule has 2 nitrogen and oxygen atoms in total. The van der Waals surface area contributed by atoms with Crippen LogP contribution >= 0.6 is 0 Å². The molecule has 242 valence electrons. The normalized spacial score (nSPS) is 11.5. The Hall–Kier alpha value is -6.90. The fourth-order valence-electron chi connectivity index (χ4n) is 7.58. The fourth-order valence-corrected chi connectivity index (χ4v) is 7.58. The van der Waals surface area contributed by atoms with Crippen molar-refractivity contribution in [1.82, 2.24) is 9.97 Å². The van der Waals surface area contributed by atoms with Gasteiger partial charge in [0.1, 0.15) is 0 Å². The van der Waals surface area contributed by atoms with Crippen molar-refractivity contribution in [2.24, 2.45) is 0 Å². The molecular formula is C50H32N2. The zero-order chi connectivity index (χ0) is 34.4. The SMILES string of the molecule is c1ccc(-c2ccc(-c3cc(-c4ccc(-c5ccc6ccccc6c5)cc4)nc(-c4c5ccccc5cc5c4ccc4ccccc45)n3)cc2)cc1. The average Bonchev–Trinajstić information content (AvgIpc) is 3.23. The van der Waals surface area contributed by atoms with Gasteiger partial charge in [-0.2, -0.15) is 0 Å². The zero-order valence-electron chi connectivity index (χ0n) is 28.4. The Balaban J connectivity index is 1.17. The van der Waals surface area contributed by atoms with Gasteiger partial charge in [-0.1, -0.05) is 176 Å². The van der Waals surface area contributed by atoms with E-state index in [4.69, 9.17) is 9.97 Å².